The number of hydrogen-bond donors (Lipinski definition) is 2. The highest BCUT2D eigenvalue weighted by molar-refractivity contribution is 5.95. The maximum atomic E-state index is 13.4. The number of nitriles is 1. The molecule has 28 heavy (non-hydrogen) atoms. The van der Waals surface area contributed by atoms with Gasteiger partial charge in [-0.2, -0.15) is 23.5 Å². The van der Waals surface area contributed by atoms with Gasteiger partial charge in [-0.05, 0) is 60.1 Å². The van der Waals surface area contributed by atoms with Gasteiger partial charge >= 0.3 is 6.18 Å². The third-order valence-corrected chi connectivity index (χ3v) is 5.17. The van der Waals surface area contributed by atoms with E-state index in [9.17, 15) is 18.4 Å². The van der Waals surface area contributed by atoms with Crippen LogP contribution in [0.2, 0.25) is 0 Å². The molecule has 0 aliphatic heterocycles. The van der Waals surface area contributed by atoms with Crippen LogP contribution in [-0.2, 0) is 18.0 Å². The van der Waals surface area contributed by atoms with Gasteiger partial charge in [0.15, 0.2) is 11.3 Å². The molecule has 0 amide bonds. The molecule has 4 rings (SSSR count). The lowest BCUT2D eigenvalue weighted by Gasteiger charge is -2.14. The van der Waals surface area contributed by atoms with Crippen molar-refractivity contribution in [3.8, 4) is 17.2 Å². The molecular weight excluding hydrogens is 369 g/mol. The molecule has 1 aromatic carbocycles. The molecule has 0 spiro atoms. The average molecular weight is 386 g/mol. The van der Waals surface area contributed by atoms with Crippen LogP contribution in [0.5, 0.6) is 0 Å². The molecule has 1 fully saturated rings. The smallest absolute Gasteiger partial charge is 0.396 e. The average Bonchev–Trinajstić information content (AvgIpc) is 3.35. The number of hydrogen-bond acceptors (Lipinski definition) is 4. The monoisotopic (exact) mass is 386 g/mol. The number of aliphatic hydroxyl groups is 1. The lowest BCUT2D eigenvalue weighted by Crippen LogP contribution is -2.07. The summed E-state index contributed by atoms with van der Waals surface area (Å²) in [6, 6.07) is 9.40. The molecule has 0 radical (unpaired) electrons. The summed E-state index contributed by atoms with van der Waals surface area (Å²) < 4.78 is 40.3. The zero-order valence-corrected chi connectivity index (χ0v) is 14.8. The van der Waals surface area contributed by atoms with Crippen molar-refractivity contribution in [1.29, 1.82) is 5.26 Å². The second-order valence-electron chi connectivity index (χ2n) is 7.09. The van der Waals surface area contributed by atoms with E-state index in [0.29, 0.717) is 24.0 Å². The highest BCUT2D eigenvalue weighted by atomic mass is 19.4. The highest BCUT2D eigenvalue weighted by Gasteiger charge is 2.45. The van der Waals surface area contributed by atoms with E-state index in [1.807, 2.05) is 12.1 Å². The predicted molar refractivity (Wildman–Crippen MR) is 96.3 cm³/mol. The van der Waals surface area contributed by atoms with Crippen LogP contribution >= 0.6 is 0 Å². The summed E-state index contributed by atoms with van der Waals surface area (Å²) in [4.78, 5) is 3.97. The normalized spacial score (nSPS) is 15.5. The Hall–Kier alpha value is -2.92. The lowest BCUT2D eigenvalue weighted by atomic mass is 9.89. The molecule has 2 N–H and O–H groups in total. The van der Waals surface area contributed by atoms with E-state index in [1.165, 1.54) is 12.3 Å². The number of rotatable bonds is 5. The zero-order valence-electron chi connectivity index (χ0n) is 14.8. The number of halogens is 3. The van der Waals surface area contributed by atoms with Gasteiger partial charge in [0.05, 0.1) is 16.9 Å². The SMILES string of the molecule is N#CC1(c2cc(CCCO)cc(-c3ccnc4[nH]nc(C(F)(F)F)c34)c2)CC1. The van der Waals surface area contributed by atoms with Crippen molar-refractivity contribution in [2.24, 2.45) is 0 Å². The molecule has 8 heteroatoms. The van der Waals surface area contributed by atoms with E-state index >= 15 is 0 Å². The molecule has 1 aliphatic rings. The van der Waals surface area contributed by atoms with E-state index < -0.39 is 17.3 Å². The minimum absolute atomic E-state index is 0.0163. The molecule has 0 bridgehead atoms. The molecule has 2 heterocycles. The van der Waals surface area contributed by atoms with E-state index in [-0.39, 0.29) is 17.6 Å². The van der Waals surface area contributed by atoms with Crippen molar-refractivity contribution in [3.05, 3.63) is 47.3 Å². The third kappa shape index (κ3) is 3.12. The first kappa shape index (κ1) is 18.4. The van der Waals surface area contributed by atoms with Gasteiger partial charge in [-0.1, -0.05) is 12.1 Å². The maximum Gasteiger partial charge on any atom is 0.435 e. The second kappa shape index (κ2) is 6.60. The fourth-order valence-electron chi connectivity index (χ4n) is 3.54. The fraction of sp³-hybridized carbons (Fsp3) is 0.350. The Morgan fingerprint density at radius 1 is 1.25 bits per heavy atom. The van der Waals surface area contributed by atoms with Crippen LogP contribution in [0.1, 0.15) is 36.1 Å². The predicted octanol–water partition coefficient (Wildman–Crippen LogP) is 4.12. The van der Waals surface area contributed by atoms with Crippen molar-refractivity contribution < 1.29 is 18.3 Å². The fourth-order valence-corrected chi connectivity index (χ4v) is 3.54. The largest absolute Gasteiger partial charge is 0.435 e. The van der Waals surface area contributed by atoms with Gasteiger partial charge < -0.3 is 5.11 Å². The number of H-pyrrole nitrogens is 1. The van der Waals surface area contributed by atoms with Crippen molar-refractivity contribution in [2.75, 3.05) is 6.61 Å². The summed E-state index contributed by atoms with van der Waals surface area (Å²) in [5.74, 6) is 0. The van der Waals surface area contributed by atoms with Gasteiger partial charge in [0, 0.05) is 12.8 Å². The van der Waals surface area contributed by atoms with Crippen molar-refractivity contribution in [1.82, 2.24) is 15.2 Å². The number of benzene rings is 1. The number of aryl methyl sites for hydroxylation is 1. The Morgan fingerprint density at radius 3 is 2.68 bits per heavy atom. The van der Waals surface area contributed by atoms with Crippen molar-refractivity contribution in [3.63, 3.8) is 0 Å². The molecule has 0 unspecified atom stereocenters. The lowest BCUT2D eigenvalue weighted by molar-refractivity contribution is -0.139. The molecule has 3 aromatic rings. The molecule has 144 valence electrons. The van der Waals surface area contributed by atoms with Crippen molar-refractivity contribution >= 4 is 11.0 Å². The Morgan fingerprint density at radius 2 is 2.04 bits per heavy atom. The number of aromatic nitrogens is 3. The van der Waals surface area contributed by atoms with Crippen LogP contribution in [0, 0.1) is 11.3 Å². The summed E-state index contributed by atoms with van der Waals surface area (Å²) in [6.45, 7) is 0.0163. The Kier molecular flexibility index (Phi) is 4.35. The minimum atomic E-state index is -4.61. The summed E-state index contributed by atoms with van der Waals surface area (Å²) in [5, 5.41) is 24.4. The molecule has 1 aliphatic carbocycles. The molecule has 5 nitrogen and oxygen atoms in total. The molecular formula is C20H17F3N4O. The first-order valence-electron chi connectivity index (χ1n) is 8.95. The number of fused-ring (bicyclic) bond motifs is 1. The van der Waals surface area contributed by atoms with Crippen LogP contribution < -0.4 is 0 Å². The summed E-state index contributed by atoms with van der Waals surface area (Å²) >= 11 is 0. The standard InChI is InChI=1S/C20H17F3N4O/c21-20(22,23)17-16-15(3-6-25-18(16)27-26-17)13-8-12(2-1-7-28)9-14(10-13)19(11-24)4-5-19/h3,6,8-10,28H,1-2,4-5,7H2,(H,25,26,27). The number of nitrogens with zero attached hydrogens (tertiary/aromatic N) is 3. The topological polar surface area (TPSA) is 85.6 Å². The molecule has 0 atom stereocenters. The number of aromatic amines is 1. The third-order valence-electron chi connectivity index (χ3n) is 5.17. The maximum absolute atomic E-state index is 13.4. The van der Waals surface area contributed by atoms with Gasteiger partial charge in [-0.25, -0.2) is 4.98 Å². The van der Waals surface area contributed by atoms with Crippen LogP contribution in [0.4, 0.5) is 13.2 Å². The van der Waals surface area contributed by atoms with Gasteiger partial charge in [0.1, 0.15) is 0 Å². The first-order valence-corrected chi connectivity index (χ1v) is 8.95. The quantitative estimate of drug-likeness (QED) is 0.691. The van der Waals surface area contributed by atoms with Crippen LogP contribution in [-0.4, -0.2) is 26.9 Å². The van der Waals surface area contributed by atoms with Crippen LogP contribution in [0.25, 0.3) is 22.2 Å². The van der Waals surface area contributed by atoms with E-state index in [4.69, 9.17) is 5.11 Å². The van der Waals surface area contributed by atoms with Gasteiger partial charge in [-0.3, -0.25) is 5.10 Å². The highest BCUT2D eigenvalue weighted by Crippen LogP contribution is 2.49. The number of nitrogens with one attached hydrogen (secondary N) is 1. The molecule has 2 aromatic heterocycles. The van der Waals surface area contributed by atoms with E-state index in [1.54, 1.807) is 6.07 Å². The Balaban J connectivity index is 1.93. The summed E-state index contributed by atoms with van der Waals surface area (Å²) in [5.41, 5.74) is 1.13. The minimum Gasteiger partial charge on any atom is -0.396 e. The Labute approximate surface area is 158 Å². The first-order chi connectivity index (χ1) is 13.4. The van der Waals surface area contributed by atoms with Gasteiger partial charge in [0.2, 0.25) is 0 Å². The molecule has 1 saturated carbocycles. The Bertz CT molecular complexity index is 1080. The van der Waals surface area contributed by atoms with E-state index in [2.05, 4.69) is 21.3 Å². The van der Waals surface area contributed by atoms with E-state index in [0.717, 1.165) is 24.0 Å². The van der Waals surface area contributed by atoms with Crippen LogP contribution in [0.15, 0.2) is 30.5 Å². The summed E-state index contributed by atoms with van der Waals surface area (Å²) in [7, 11) is 0. The number of aliphatic hydroxyl groups excluding tert-OH is 1. The van der Waals surface area contributed by atoms with Crippen molar-refractivity contribution in [2.45, 2.75) is 37.3 Å². The summed E-state index contributed by atoms with van der Waals surface area (Å²) in [6.07, 6.45) is -0.599. The van der Waals surface area contributed by atoms with Crippen LogP contribution in [0.3, 0.4) is 0 Å². The number of pyridine rings is 1. The zero-order chi connectivity index (χ0) is 19.9. The molecule has 0 saturated heterocycles. The van der Waals surface area contributed by atoms with Gasteiger partial charge in [-0.15, -0.1) is 0 Å². The number of alkyl halides is 3. The second-order valence-corrected chi connectivity index (χ2v) is 7.09. The van der Waals surface area contributed by atoms with Gasteiger partial charge in [0.25, 0.3) is 0 Å².